The average molecular weight is 385 g/mol. The Morgan fingerprint density at radius 3 is 2.30 bits per heavy atom. The van der Waals surface area contributed by atoms with Crippen LogP contribution in [0.4, 0.5) is 17.6 Å². The van der Waals surface area contributed by atoms with Crippen LogP contribution in [0.15, 0.2) is 36.5 Å². The van der Waals surface area contributed by atoms with Crippen LogP contribution >= 0.6 is 0 Å². The molecule has 0 saturated carbocycles. The maximum Gasteiger partial charge on any atom is 0.426 e. The normalized spacial score (nSPS) is 18.4. The van der Waals surface area contributed by atoms with Crippen LogP contribution in [-0.4, -0.2) is 50.6 Å². The minimum absolute atomic E-state index is 0.0163. The fourth-order valence-electron chi connectivity index (χ4n) is 3.23. The lowest BCUT2D eigenvalue weighted by Crippen LogP contribution is -2.57. The van der Waals surface area contributed by atoms with Crippen molar-refractivity contribution in [3.8, 4) is 5.69 Å². The molecule has 9 heteroatoms. The van der Waals surface area contributed by atoms with Crippen LogP contribution in [0.5, 0.6) is 0 Å². The molecule has 1 aromatic heterocycles. The van der Waals surface area contributed by atoms with Gasteiger partial charge in [-0.1, -0.05) is 0 Å². The molecule has 0 bridgehead atoms. The standard InChI is InChI=1S/C18H19F4N3O2/c1-17(27,18(20,21)22)16(26)24-10-7-12(8-11-24)15-6-9-23-25(15)14-4-2-13(19)3-5-14/h2-6,9,12,27H,7-8,10-11H2,1H3. The monoisotopic (exact) mass is 385 g/mol. The summed E-state index contributed by atoms with van der Waals surface area (Å²) in [6, 6.07) is 7.62. The fraction of sp³-hybridized carbons (Fsp3) is 0.444. The summed E-state index contributed by atoms with van der Waals surface area (Å²) in [6.45, 7) is 0.680. The Bertz CT molecular complexity index is 807. The second-order valence-corrected chi connectivity index (χ2v) is 6.78. The van der Waals surface area contributed by atoms with E-state index in [1.807, 2.05) is 0 Å². The first-order valence-corrected chi connectivity index (χ1v) is 8.49. The van der Waals surface area contributed by atoms with E-state index in [4.69, 9.17) is 0 Å². The van der Waals surface area contributed by atoms with Gasteiger partial charge < -0.3 is 10.0 Å². The van der Waals surface area contributed by atoms with Crippen molar-refractivity contribution in [2.75, 3.05) is 13.1 Å². The molecule has 1 unspecified atom stereocenters. The largest absolute Gasteiger partial charge is 0.426 e. The van der Waals surface area contributed by atoms with Gasteiger partial charge in [-0.2, -0.15) is 18.3 Å². The van der Waals surface area contributed by atoms with E-state index in [0.29, 0.717) is 25.5 Å². The number of carbonyl (C=O) groups excluding carboxylic acids is 1. The summed E-state index contributed by atoms with van der Waals surface area (Å²) in [7, 11) is 0. The van der Waals surface area contributed by atoms with E-state index in [0.717, 1.165) is 10.6 Å². The van der Waals surface area contributed by atoms with Crippen LogP contribution in [0.25, 0.3) is 5.69 Å². The summed E-state index contributed by atoms with van der Waals surface area (Å²) in [5, 5.41) is 13.8. The zero-order valence-electron chi connectivity index (χ0n) is 14.6. The molecule has 0 spiro atoms. The molecule has 1 N–H and O–H groups in total. The summed E-state index contributed by atoms with van der Waals surface area (Å²) in [4.78, 5) is 13.1. The van der Waals surface area contributed by atoms with E-state index in [-0.39, 0.29) is 24.8 Å². The molecule has 0 aliphatic carbocycles. The second-order valence-electron chi connectivity index (χ2n) is 6.78. The highest BCUT2D eigenvalue weighted by Gasteiger charge is 2.57. The van der Waals surface area contributed by atoms with Crippen molar-refractivity contribution in [2.45, 2.75) is 37.5 Å². The molecular weight excluding hydrogens is 366 g/mol. The summed E-state index contributed by atoms with van der Waals surface area (Å²) in [5.74, 6) is -1.71. The summed E-state index contributed by atoms with van der Waals surface area (Å²) < 4.78 is 53.4. The molecule has 2 heterocycles. The van der Waals surface area contributed by atoms with Crippen molar-refractivity contribution in [1.29, 1.82) is 0 Å². The van der Waals surface area contributed by atoms with Gasteiger partial charge in [0.2, 0.25) is 5.60 Å². The minimum atomic E-state index is -5.03. The van der Waals surface area contributed by atoms with E-state index in [1.54, 1.807) is 29.1 Å². The lowest BCUT2D eigenvalue weighted by molar-refractivity contribution is -0.250. The Labute approximate surface area is 153 Å². The van der Waals surface area contributed by atoms with E-state index in [2.05, 4.69) is 5.10 Å². The number of amides is 1. The Morgan fingerprint density at radius 1 is 1.15 bits per heavy atom. The van der Waals surface area contributed by atoms with E-state index in [9.17, 15) is 27.5 Å². The number of hydrogen-bond donors (Lipinski definition) is 1. The lowest BCUT2D eigenvalue weighted by atomic mass is 9.92. The first kappa shape index (κ1) is 19.3. The highest BCUT2D eigenvalue weighted by Crippen LogP contribution is 2.34. The number of hydrogen-bond acceptors (Lipinski definition) is 3. The highest BCUT2D eigenvalue weighted by atomic mass is 19.4. The molecule has 27 heavy (non-hydrogen) atoms. The number of aliphatic hydroxyl groups is 1. The molecular formula is C18H19F4N3O2. The third kappa shape index (κ3) is 3.69. The van der Waals surface area contributed by atoms with Crippen LogP contribution in [0.3, 0.4) is 0 Å². The van der Waals surface area contributed by atoms with E-state index >= 15 is 0 Å². The van der Waals surface area contributed by atoms with E-state index in [1.165, 1.54) is 12.1 Å². The minimum Gasteiger partial charge on any atom is -0.373 e. The number of aromatic nitrogens is 2. The average Bonchev–Trinajstić information content (AvgIpc) is 3.10. The zero-order chi connectivity index (χ0) is 19.8. The number of nitrogens with zero attached hydrogens (tertiary/aromatic N) is 3. The Kier molecular flexibility index (Phi) is 4.98. The Balaban J connectivity index is 1.71. The molecule has 1 amide bonds. The van der Waals surface area contributed by atoms with Gasteiger partial charge >= 0.3 is 6.18 Å². The van der Waals surface area contributed by atoms with Crippen LogP contribution in [-0.2, 0) is 4.79 Å². The van der Waals surface area contributed by atoms with Gasteiger partial charge in [-0.3, -0.25) is 4.79 Å². The van der Waals surface area contributed by atoms with Crippen molar-refractivity contribution >= 4 is 5.91 Å². The zero-order valence-corrected chi connectivity index (χ0v) is 14.6. The summed E-state index contributed by atoms with van der Waals surface area (Å²) >= 11 is 0. The van der Waals surface area contributed by atoms with Crippen molar-refractivity contribution < 1.29 is 27.5 Å². The smallest absolute Gasteiger partial charge is 0.373 e. The maximum absolute atomic E-state index is 13.1. The quantitative estimate of drug-likeness (QED) is 0.827. The van der Waals surface area contributed by atoms with Gasteiger partial charge in [0.05, 0.1) is 5.69 Å². The van der Waals surface area contributed by atoms with Crippen molar-refractivity contribution in [1.82, 2.24) is 14.7 Å². The predicted octanol–water partition coefficient (Wildman–Crippen LogP) is 3.03. The maximum atomic E-state index is 13.1. The predicted molar refractivity (Wildman–Crippen MR) is 88.8 cm³/mol. The molecule has 1 aromatic carbocycles. The summed E-state index contributed by atoms with van der Waals surface area (Å²) in [5.41, 5.74) is -1.87. The van der Waals surface area contributed by atoms with Gasteiger partial charge in [0, 0.05) is 30.9 Å². The van der Waals surface area contributed by atoms with Crippen molar-refractivity contribution in [3.63, 3.8) is 0 Å². The van der Waals surface area contributed by atoms with Crippen LogP contribution in [0.2, 0.25) is 0 Å². The van der Waals surface area contributed by atoms with Crippen LogP contribution < -0.4 is 0 Å². The molecule has 1 fully saturated rings. The third-order valence-electron chi connectivity index (χ3n) is 4.91. The third-order valence-corrected chi connectivity index (χ3v) is 4.91. The number of benzene rings is 1. The topological polar surface area (TPSA) is 58.4 Å². The van der Waals surface area contributed by atoms with E-state index < -0.39 is 17.7 Å². The molecule has 146 valence electrons. The first-order valence-electron chi connectivity index (χ1n) is 8.49. The highest BCUT2D eigenvalue weighted by molar-refractivity contribution is 5.85. The molecule has 1 atom stereocenters. The summed E-state index contributed by atoms with van der Waals surface area (Å²) in [6.07, 6.45) is -2.55. The molecule has 1 aliphatic rings. The SMILES string of the molecule is CC(O)(C(=O)N1CCC(c2ccnn2-c2ccc(F)cc2)CC1)C(F)(F)F. The first-order chi connectivity index (χ1) is 12.6. The van der Waals surface area contributed by atoms with Crippen molar-refractivity contribution in [3.05, 3.63) is 48.0 Å². The number of halogens is 4. The Hall–Kier alpha value is -2.42. The van der Waals surface area contributed by atoms with Gasteiger partial charge in [0.15, 0.2) is 0 Å². The second kappa shape index (κ2) is 6.95. The fourth-order valence-corrected chi connectivity index (χ4v) is 3.23. The van der Waals surface area contributed by atoms with Gasteiger partial charge in [0.25, 0.3) is 5.91 Å². The number of carbonyl (C=O) groups is 1. The molecule has 3 rings (SSSR count). The van der Waals surface area contributed by atoms with Gasteiger partial charge in [0.1, 0.15) is 5.82 Å². The number of rotatable bonds is 3. The van der Waals surface area contributed by atoms with Gasteiger partial charge in [-0.25, -0.2) is 9.07 Å². The van der Waals surface area contributed by atoms with Crippen molar-refractivity contribution in [2.24, 2.45) is 0 Å². The van der Waals surface area contributed by atoms with Crippen LogP contribution in [0, 0.1) is 5.82 Å². The molecule has 1 aliphatic heterocycles. The number of alkyl halides is 3. The number of likely N-dealkylation sites (tertiary alicyclic amines) is 1. The van der Waals surface area contributed by atoms with Gasteiger partial charge in [-0.05, 0) is 50.1 Å². The molecule has 0 radical (unpaired) electrons. The molecule has 5 nitrogen and oxygen atoms in total. The molecule has 2 aromatic rings. The Morgan fingerprint density at radius 2 is 1.74 bits per heavy atom. The van der Waals surface area contributed by atoms with Gasteiger partial charge in [-0.15, -0.1) is 0 Å². The molecule has 1 saturated heterocycles. The lowest BCUT2D eigenvalue weighted by Gasteiger charge is -2.36. The van der Waals surface area contributed by atoms with Crippen LogP contribution in [0.1, 0.15) is 31.4 Å². The number of piperidine rings is 1.